The second-order valence-electron chi connectivity index (χ2n) is 3.98. The topological polar surface area (TPSA) is 46.5 Å². The molecule has 2 rings (SSSR count). The van der Waals surface area contributed by atoms with Crippen molar-refractivity contribution in [3.05, 3.63) is 41.1 Å². The first-order chi connectivity index (χ1) is 7.99. The lowest BCUT2D eigenvalue weighted by atomic mass is 10.2. The number of allylic oxidation sites excluding steroid dienone is 2. The van der Waals surface area contributed by atoms with E-state index >= 15 is 0 Å². The highest BCUT2D eigenvalue weighted by Gasteiger charge is 2.16. The average Bonchev–Trinajstić information content (AvgIpc) is 2.64. The van der Waals surface area contributed by atoms with Crippen molar-refractivity contribution in [2.45, 2.75) is 24.7 Å². The fourth-order valence-corrected chi connectivity index (χ4v) is 3.08. The van der Waals surface area contributed by atoms with Gasteiger partial charge in [0.1, 0.15) is 0 Å². The summed E-state index contributed by atoms with van der Waals surface area (Å²) >= 11 is 0. The van der Waals surface area contributed by atoms with Crippen LogP contribution in [0.3, 0.4) is 0 Å². The summed E-state index contributed by atoms with van der Waals surface area (Å²) in [4.78, 5) is 0.238. The fourth-order valence-electron chi connectivity index (χ4n) is 1.61. The first-order valence-corrected chi connectivity index (χ1v) is 7.26. The lowest BCUT2D eigenvalue weighted by Gasteiger charge is -2.02. The van der Waals surface area contributed by atoms with Crippen LogP contribution in [0.2, 0.25) is 0 Å². The maximum Gasteiger partial charge on any atom is 0.282 e. The monoisotopic (exact) mass is 262 g/mol. The van der Waals surface area contributed by atoms with E-state index in [1.165, 1.54) is 0 Å². The van der Waals surface area contributed by atoms with Gasteiger partial charge in [0.25, 0.3) is 10.0 Å². The third kappa shape index (κ3) is 2.73. The Morgan fingerprint density at radius 1 is 1.24 bits per heavy atom. The van der Waals surface area contributed by atoms with Crippen molar-refractivity contribution in [3.8, 4) is 0 Å². The Morgan fingerprint density at radius 3 is 2.41 bits per heavy atom. The minimum atomic E-state index is -3.58. The zero-order valence-corrected chi connectivity index (χ0v) is 11.3. The number of sulfonamides is 1. The molecule has 0 atom stereocenters. The first kappa shape index (κ1) is 12.3. The lowest BCUT2D eigenvalue weighted by Crippen LogP contribution is -2.04. The van der Waals surface area contributed by atoms with Crippen LogP contribution in [0, 0.1) is 6.92 Å². The highest BCUT2D eigenvalue weighted by atomic mass is 32.2. The van der Waals surface area contributed by atoms with Gasteiger partial charge in [-0.25, -0.2) is 0 Å². The number of nitrogens with zero attached hydrogens (tertiary/aromatic N) is 1. The summed E-state index contributed by atoms with van der Waals surface area (Å²) in [5.74, 6) is 0. The number of rotatable bonds is 2. The first-order valence-electron chi connectivity index (χ1n) is 5.32. The van der Waals surface area contributed by atoms with Crippen LogP contribution in [-0.4, -0.2) is 24.4 Å². The molecule has 17 heavy (non-hydrogen) atoms. The van der Waals surface area contributed by atoms with Crippen molar-refractivity contribution in [2.24, 2.45) is 4.40 Å². The second-order valence-corrected chi connectivity index (χ2v) is 6.13. The van der Waals surface area contributed by atoms with Crippen LogP contribution < -0.4 is 0 Å². The van der Waals surface area contributed by atoms with Gasteiger partial charge in [-0.15, -0.1) is 0 Å². The van der Waals surface area contributed by atoms with Gasteiger partial charge < -0.3 is 0 Å². The zero-order valence-electron chi connectivity index (χ0n) is 9.47. The molecule has 0 aromatic heterocycles. The molecule has 0 fully saturated rings. The smallest absolute Gasteiger partial charge is 0.199 e. The third-order valence-electron chi connectivity index (χ3n) is 2.59. The Labute approximate surface area is 105 Å². The number of benzene rings is 1. The van der Waals surface area contributed by atoms with Crippen LogP contribution >= 0.6 is 0 Å². The SMILES string of the molecule is Cc1ccc(S(=O)(=O)/N=C2\CCC=C2[Si])cc1. The van der Waals surface area contributed by atoms with E-state index in [0.717, 1.165) is 17.2 Å². The van der Waals surface area contributed by atoms with Crippen molar-refractivity contribution < 1.29 is 8.42 Å². The molecule has 0 unspecified atom stereocenters. The van der Waals surface area contributed by atoms with Gasteiger partial charge in [0.2, 0.25) is 0 Å². The molecule has 1 aromatic rings. The van der Waals surface area contributed by atoms with E-state index in [0.29, 0.717) is 12.1 Å². The van der Waals surface area contributed by atoms with Crippen LogP contribution in [-0.2, 0) is 10.0 Å². The van der Waals surface area contributed by atoms with Gasteiger partial charge in [0, 0.05) is 0 Å². The van der Waals surface area contributed by atoms with E-state index < -0.39 is 10.0 Å². The summed E-state index contributed by atoms with van der Waals surface area (Å²) in [7, 11) is -0.218. The van der Waals surface area contributed by atoms with E-state index in [-0.39, 0.29) is 4.90 Å². The molecule has 0 heterocycles. The molecule has 0 aliphatic heterocycles. The predicted octanol–water partition coefficient (Wildman–Crippen LogP) is 1.97. The average molecular weight is 262 g/mol. The summed E-state index contributed by atoms with van der Waals surface area (Å²) in [6.07, 6.45) is 3.44. The normalized spacial score (nSPS) is 18.5. The maximum atomic E-state index is 12.0. The van der Waals surface area contributed by atoms with Gasteiger partial charge in [0.15, 0.2) is 0 Å². The fraction of sp³-hybridized carbons (Fsp3) is 0.250. The van der Waals surface area contributed by atoms with Crippen LogP contribution in [0.15, 0.2) is 44.8 Å². The maximum absolute atomic E-state index is 12.0. The zero-order chi connectivity index (χ0) is 12.5. The molecule has 5 heteroatoms. The molecule has 1 aliphatic rings. The molecule has 87 valence electrons. The Bertz CT molecular complexity index is 585. The van der Waals surface area contributed by atoms with Gasteiger partial charge in [0.05, 0.1) is 20.8 Å². The van der Waals surface area contributed by atoms with Crippen LogP contribution in [0.1, 0.15) is 18.4 Å². The quantitative estimate of drug-likeness (QED) is 0.765. The largest absolute Gasteiger partial charge is 0.282 e. The van der Waals surface area contributed by atoms with Crippen molar-refractivity contribution in [1.82, 2.24) is 0 Å². The summed E-state index contributed by atoms with van der Waals surface area (Å²) in [6.45, 7) is 1.91. The van der Waals surface area contributed by atoms with Crippen molar-refractivity contribution >= 4 is 26.0 Å². The Balaban J connectivity index is 2.38. The minimum absolute atomic E-state index is 0.238. The standard InChI is InChI=1S/C12H12NO2SSi/c1-9-5-7-10(8-6-9)16(14,15)13-11-3-2-4-12(11)17/h4-8H,2-3H2,1H3/b13-11+. The van der Waals surface area contributed by atoms with Crippen LogP contribution in [0.25, 0.3) is 0 Å². The minimum Gasteiger partial charge on any atom is -0.199 e. The molecule has 0 spiro atoms. The van der Waals surface area contributed by atoms with E-state index in [2.05, 4.69) is 14.6 Å². The van der Waals surface area contributed by atoms with E-state index in [1.54, 1.807) is 24.3 Å². The highest BCUT2D eigenvalue weighted by molar-refractivity contribution is 7.90. The highest BCUT2D eigenvalue weighted by Crippen LogP contribution is 2.18. The number of aryl methyl sites for hydroxylation is 1. The molecule has 3 radical (unpaired) electrons. The molecule has 0 amide bonds. The Morgan fingerprint density at radius 2 is 1.88 bits per heavy atom. The molecule has 0 saturated carbocycles. The lowest BCUT2D eigenvalue weighted by molar-refractivity contribution is 0.598. The summed E-state index contributed by atoms with van der Waals surface area (Å²) in [6, 6.07) is 6.71. The summed E-state index contributed by atoms with van der Waals surface area (Å²) in [5.41, 5.74) is 1.63. The van der Waals surface area contributed by atoms with E-state index in [4.69, 9.17) is 0 Å². The van der Waals surface area contributed by atoms with E-state index in [1.807, 2.05) is 13.0 Å². The van der Waals surface area contributed by atoms with Gasteiger partial charge >= 0.3 is 0 Å². The molecule has 0 N–H and O–H groups in total. The molecular formula is C12H12NO2SSi. The molecule has 1 aromatic carbocycles. The number of hydrogen-bond acceptors (Lipinski definition) is 2. The van der Waals surface area contributed by atoms with Crippen LogP contribution in [0.5, 0.6) is 0 Å². The Hall–Kier alpha value is -1.20. The number of hydrogen-bond donors (Lipinski definition) is 0. The molecule has 1 aliphatic carbocycles. The van der Waals surface area contributed by atoms with Gasteiger partial charge in [-0.2, -0.15) is 12.8 Å². The predicted molar refractivity (Wildman–Crippen MR) is 68.9 cm³/mol. The van der Waals surface area contributed by atoms with Crippen LogP contribution in [0.4, 0.5) is 0 Å². The molecule has 3 nitrogen and oxygen atoms in total. The van der Waals surface area contributed by atoms with Crippen molar-refractivity contribution in [3.63, 3.8) is 0 Å². The van der Waals surface area contributed by atoms with Gasteiger partial charge in [-0.1, -0.05) is 23.8 Å². The summed E-state index contributed by atoms with van der Waals surface area (Å²) in [5, 5.41) is 0.778. The molecular weight excluding hydrogens is 250 g/mol. The molecule has 0 saturated heterocycles. The third-order valence-corrected chi connectivity index (χ3v) is 4.41. The van der Waals surface area contributed by atoms with E-state index in [9.17, 15) is 8.42 Å². The van der Waals surface area contributed by atoms with Gasteiger partial charge in [-0.3, -0.25) is 0 Å². The van der Waals surface area contributed by atoms with Crippen molar-refractivity contribution in [2.75, 3.05) is 0 Å². The molecule has 0 bridgehead atoms. The second kappa shape index (κ2) is 4.58. The van der Waals surface area contributed by atoms with Crippen molar-refractivity contribution in [1.29, 1.82) is 0 Å². The summed E-state index contributed by atoms with van der Waals surface area (Å²) < 4.78 is 27.9. The Kier molecular flexibility index (Phi) is 3.30. The van der Waals surface area contributed by atoms with Gasteiger partial charge in [-0.05, 0) is 37.1 Å².